The number of phenols is 2. The SMILES string of the molecule is CCCc1ccc(Cl)cc1.CCO.CNCC(=O)NC(Cc1ccc(O)cc1)C(N)=O.CSSCC(NC=O)C(=O)N(C)C(Cc1ccc(O)cc1)C(=O)NCC(=O)NC(CCCCN)C(=O)NCC=O.Cc1ccc(C(N)=O)cc1. The molecule has 4 atom stereocenters. The minimum absolute atomic E-state index is 0.0355. The zero-order chi connectivity index (χ0) is 61.1. The van der Waals surface area contributed by atoms with Gasteiger partial charge in [-0.1, -0.05) is 101 Å². The fraction of sp³-hybridized carbons (Fsp3) is 0.411. The van der Waals surface area contributed by atoms with E-state index in [-0.39, 0.29) is 55.2 Å². The zero-order valence-electron chi connectivity index (χ0n) is 46.8. The van der Waals surface area contributed by atoms with Crippen LogP contribution in [-0.2, 0) is 57.6 Å². The highest BCUT2D eigenvalue weighted by Gasteiger charge is 2.32. The zero-order valence-corrected chi connectivity index (χ0v) is 49.2. The van der Waals surface area contributed by atoms with Crippen LogP contribution in [-0.4, -0.2) is 157 Å². The largest absolute Gasteiger partial charge is 0.508 e. The number of hydrogen-bond donors (Lipinski definition) is 12. The van der Waals surface area contributed by atoms with E-state index in [1.807, 2.05) is 37.4 Å². The van der Waals surface area contributed by atoms with Gasteiger partial charge < -0.3 is 74.1 Å². The molecule has 446 valence electrons. The van der Waals surface area contributed by atoms with Crippen molar-refractivity contribution >= 4 is 87.2 Å². The summed E-state index contributed by atoms with van der Waals surface area (Å²) in [5, 5.41) is 42.3. The molecule has 4 aromatic rings. The van der Waals surface area contributed by atoms with Crippen LogP contribution in [0.15, 0.2) is 97.1 Å². The first-order valence-corrected chi connectivity index (χ1v) is 28.9. The van der Waals surface area contributed by atoms with E-state index >= 15 is 0 Å². The number of unbranched alkanes of at least 4 members (excludes halogenated alkanes) is 1. The summed E-state index contributed by atoms with van der Waals surface area (Å²) in [6, 6.07) is 24.1. The van der Waals surface area contributed by atoms with E-state index in [1.54, 1.807) is 50.4 Å². The molecule has 0 heterocycles. The molecule has 0 aliphatic heterocycles. The molecule has 0 aromatic heterocycles. The monoisotopic (exact) mass is 1180 g/mol. The van der Waals surface area contributed by atoms with E-state index in [2.05, 4.69) is 51.0 Å². The van der Waals surface area contributed by atoms with Gasteiger partial charge in [0.15, 0.2) is 0 Å². The molecule has 25 heteroatoms. The maximum Gasteiger partial charge on any atom is 0.248 e. The minimum Gasteiger partial charge on any atom is -0.508 e. The van der Waals surface area contributed by atoms with Crippen molar-refractivity contribution in [3.63, 3.8) is 0 Å². The molecule has 4 unspecified atom stereocenters. The Balaban J connectivity index is 0.00000125. The molecule has 0 aliphatic carbocycles. The number of aliphatic hydroxyl groups excluding tert-OH is 1. The van der Waals surface area contributed by atoms with Gasteiger partial charge in [0.05, 0.1) is 19.6 Å². The van der Waals surface area contributed by atoms with Gasteiger partial charge in [0.2, 0.25) is 47.8 Å². The van der Waals surface area contributed by atoms with Gasteiger partial charge in [-0.25, -0.2) is 0 Å². The highest BCUT2D eigenvalue weighted by Crippen LogP contribution is 2.20. The number of aryl methyl sites for hydroxylation is 2. The van der Waals surface area contributed by atoms with Gasteiger partial charge in [-0.3, -0.25) is 38.4 Å². The first kappa shape index (κ1) is 73.8. The summed E-state index contributed by atoms with van der Waals surface area (Å²) in [5.74, 6) is -3.10. The summed E-state index contributed by atoms with van der Waals surface area (Å²) >= 11 is 5.71. The van der Waals surface area contributed by atoms with Crippen molar-refractivity contribution in [1.29, 1.82) is 0 Å². The van der Waals surface area contributed by atoms with Gasteiger partial charge in [-0.15, -0.1) is 0 Å². The van der Waals surface area contributed by atoms with Crippen molar-refractivity contribution in [3.8, 4) is 11.5 Å². The molecule has 4 aromatic carbocycles. The molecule has 81 heavy (non-hydrogen) atoms. The maximum atomic E-state index is 13.3. The standard InChI is InChI=1S/C25H38N6O7S2.C12H17N3O3.C9H11Cl.C8H9NO.C2H6O/c1-31(25(38)20(29-16-33)15-40-39-2)21(13-17-6-8-18(34)9-7-17)24(37)28-14-22(35)30-19(5-3-4-10-26)23(36)27-11-12-32;1-14-7-11(17)15-10(12(13)18)6-8-2-4-9(16)5-3-8;1-2-3-8-4-6-9(10)7-5-8;1-6-2-4-7(5-3-6)8(9)10;1-2-3/h6-9,12,16,19-21,34H,3-5,10-11,13-15,26H2,1-2H3,(H,27,36)(H,28,37)(H,29,33)(H,30,35);2-5,10,14,16H,6-7H2,1H3,(H2,13,18)(H,15,17);4-7H,2-3H2,1H3;2-5H,1H3,(H2,9,10);3H,2H2,1H3. The lowest BCUT2D eigenvalue weighted by Gasteiger charge is -2.30. The van der Waals surface area contributed by atoms with Crippen molar-refractivity contribution < 1.29 is 58.5 Å². The van der Waals surface area contributed by atoms with Crippen LogP contribution in [0.5, 0.6) is 11.5 Å². The number of benzene rings is 4. The molecule has 15 N–H and O–H groups in total. The second-order valence-electron chi connectivity index (χ2n) is 17.5. The quantitative estimate of drug-likeness (QED) is 0.0211. The fourth-order valence-electron chi connectivity index (χ4n) is 6.78. The van der Waals surface area contributed by atoms with Crippen LogP contribution in [0.4, 0.5) is 0 Å². The number of carbonyl (C=O) groups excluding carboxylic acids is 9. The number of amides is 8. The minimum atomic E-state index is -1.06. The Kier molecular flexibility index (Phi) is 40.5. The lowest BCUT2D eigenvalue weighted by Crippen LogP contribution is -2.56. The van der Waals surface area contributed by atoms with Crippen molar-refractivity contribution in [2.24, 2.45) is 17.2 Å². The van der Waals surface area contributed by atoms with Crippen molar-refractivity contribution in [2.75, 3.05) is 58.9 Å². The number of primary amides is 2. The van der Waals surface area contributed by atoms with Gasteiger partial charge >= 0.3 is 0 Å². The number of aromatic hydroxyl groups is 2. The topological polar surface area (TPSA) is 368 Å². The lowest BCUT2D eigenvalue weighted by molar-refractivity contribution is -0.141. The fourth-order valence-corrected chi connectivity index (χ4v) is 8.23. The first-order chi connectivity index (χ1) is 38.6. The summed E-state index contributed by atoms with van der Waals surface area (Å²) in [6.45, 7) is 5.94. The van der Waals surface area contributed by atoms with Crippen LogP contribution in [0.2, 0.25) is 5.02 Å². The summed E-state index contributed by atoms with van der Waals surface area (Å²) in [5.41, 5.74) is 20.3. The van der Waals surface area contributed by atoms with E-state index in [9.17, 15) is 48.3 Å². The average molecular weight is 1190 g/mol. The summed E-state index contributed by atoms with van der Waals surface area (Å²) < 4.78 is 0. The summed E-state index contributed by atoms with van der Waals surface area (Å²) in [7, 11) is 5.86. The molecule has 0 spiro atoms. The van der Waals surface area contributed by atoms with E-state index in [0.29, 0.717) is 56.1 Å². The first-order valence-electron chi connectivity index (χ1n) is 25.8. The molecule has 4 rings (SSSR count). The number of likely N-dealkylation sites (N-methyl/N-ethyl adjacent to an activating group) is 2. The third-order valence-electron chi connectivity index (χ3n) is 11.0. The third kappa shape index (κ3) is 33.9. The number of hydrogen-bond acceptors (Lipinski definition) is 16. The van der Waals surface area contributed by atoms with Gasteiger partial charge in [-0.2, -0.15) is 0 Å². The predicted molar refractivity (Wildman–Crippen MR) is 319 cm³/mol. The number of carbonyl (C=O) groups is 9. The van der Waals surface area contributed by atoms with Crippen molar-refractivity contribution in [3.05, 3.63) is 130 Å². The van der Waals surface area contributed by atoms with Crippen LogP contribution in [0.1, 0.15) is 72.1 Å². The maximum absolute atomic E-state index is 13.3. The van der Waals surface area contributed by atoms with Gasteiger partial charge in [0.25, 0.3) is 0 Å². The molecule has 0 bridgehead atoms. The normalized spacial score (nSPS) is 11.5. The number of nitrogens with two attached hydrogens (primary N) is 3. The van der Waals surface area contributed by atoms with Crippen LogP contribution in [0.25, 0.3) is 0 Å². The molecule has 0 fully saturated rings. The number of aliphatic hydroxyl groups is 1. The number of aldehydes is 1. The average Bonchev–Trinajstić information content (AvgIpc) is 3.45. The van der Waals surface area contributed by atoms with Gasteiger partial charge in [-0.05, 0) is 125 Å². The molecular weight excluding hydrogens is 1100 g/mol. The van der Waals surface area contributed by atoms with E-state index in [1.165, 1.54) is 69.8 Å². The second kappa shape index (κ2) is 44.5. The Labute approximate surface area is 487 Å². The molecule has 8 amide bonds. The predicted octanol–water partition coefficient (Wildman–Crippen LogP) is 2.44. The van der Waals surface area contributed by atoms with Crippen LogP contribution >= 0.6 is 33.2 Å². The number of rotatable bonds is 29. The van der Waals surface area contributed by atoms with Gasteiger partial charge in [0, 0.05) is 42.8 Å². The smallest absolute Gasteiger partial charge is 0.248 e. The highest BCUT2D eigenvalue weighted by molar-refractivity contribution is 8.76. The molecule has 0 saturated heterocycles. The van der Waals surface area contributed by atoms with Crippen LogP contribution in [0.3, 0.4) is 0 Å². The van der Waals surface area contributed by atoms with E-state index < -0.39 is 60.2 Å². The Morgan fingerprint density at radius 1 is 0.716 bits per heavy atom. The molecule has 22 nitrogen and oxygen atoms in total. The Hall–Kier alpha value is -7.22. The number of phenolic OH excluding ortho intramolecular Hbond substituents is 2. The van der Waals surface area contributed by atoms with E-state index in [4.69, 9.17) is 39.0 Å². The van der Waals surface area contributed by atoms with Crippen molar-refractivity contribution in [1.82, 2.24) is 36.8 Å². The Bertz CT molecular complexity index is 2480. The van der Waals surface area contributed by atoms with Gasteiger partial charge in [0.1, 0.15) is 42.0 Å². The summed E-state index contributed by atoms with van der Waals surface area (Å²) in [6.07, 6.45) is 6.98. The Morgan fingerprint density at radius 2 is 1.25 bits per heavy atom. The molecule has 0 aliphatic rings. The lowest BCUT2D eigenvalue weighted by atomic mass is 10.0. The van der Waals surface area contributed by atoms with Crippen LogP contribution in [0, 0.1) is 6.92 Å². The van der Waals surface area contributed by atoms with Crippen molar-refractivity contribution in [2.45, 2.75) is 89.9 Å². The number of nitrogens with zero attached hydrogens (tertiary/aromatic N) is 1. The molecular formula is C56H81ClN10O12S2. The number of halogens is 1. The van der Waals surface area contributed by atoms with E-state index in [0.717, 1.165) is 22.6 Å². The third-order valence-corrected chi connectivity index (χ3v) is 13.0. The highest BCUT2D eigenvalue weighted by atomic mass is 35.5. The number of nitrogens with one attached hydrogen (secondary N) is 6. The Morgan fingerprint density at radius 3 is 1.73 bits per heavy atom. The summed E-state index contributed by atoms with van der Waals surface area (Å²) in [4.78, 5) is 108. The second-order valence-corrected chi connectivity index (χ2v) is 20.6. The molecule has 0 saturated carbocycles. The molecule has 0 radical (unpaired) electrons. The van der Waals surface area contributed by atoms with Crippen LogP contribution < -0.4 is 49.1 Å².